The minimum Gasteiger partial charge on any atom is -0.365 e. The molecule has 0 aliphatic heterocycles. The Morgan fingerprint density at radius 2 is 2.36 bits per heavy atom. The van der Waals surface area contributed by atoms with E-state index in [-0.39, 0.29) is 5.91 Å². The molecule has 2 rings (SSSR count). The minimum atomic E-state index is -0.335. The number of carbonyl (C=O) groups is 1. The number of fused-ring (bicyclic) bond motifs is 1. The number of nitrogens with two attached hydrogens (primary N) is 1. The van der Waals surface area contributed by atoms with Gasteiger partial charge in [0.15, 0.2) is 0 Å². The highest BCUT2D eigenvalue weighted by molar-refractivity contribution is 7.38. The summed E-state index contributed by atoms with van der Waals surface area (Å²) >= 11 is 3.09. The van der Waals surface area contributed by atoms with E-state index in [4.69, 9.17) is 5.73 Å². The van der Waals surface area contributed by atoms with Crippen LogP contribution in [0.2, 0.25) is 0 Å². The number of carbonyl (C=O) groups excluding carboxylic acids is 1. The van der Waals surface area contributed by atoms with Gasteiger partial charge in [0.05, 0.1) is 8.89 Å². The highest BCUT2D eigenvalue weighted by Gasteiger charge is 2.06. The van der Waals surface area contributed by atoms with Gasteiger partial charge in [-0.2, -0.15) is 0 Å². The second-order valence-corrected chi connectivity index (χ2v) is 4.37. The summed E-state index contributed by atoms with van der Waals surface area (Å²) in [6, 6.07) is 3.82. The van der Waals surface area contributed by atoms with Gasteiger partial charge in [-0.05, 0) is 17.5 Å². The van der Waals surface area contributed by atoms with Crippen LogP contribution in [-0.4, -0.2) is 5.91 Å². The molecule has 0 aliphatic carbocycles. The van der Waals surface area contributed by atoms with E-state index >= 15 is 0 Å². The summed E-state index contributed by atoms with van der Waals surface area (Å²) < 4.78 is 1.17. The standard InChI is InChI=1S/C7H5NOS2/c8-6(9)5-3-4-1-2-10-7(4)11-5/h1-3H,(H2,8,9). The smallest absolute Gasteiger partial charge is 0.258 e. The van der Waals surface area contributed by atoms with E-state index in [1.807, 2.05) is 17.5 Å². The van der Waals surface area contributed by atoms with Crippen molar-refractivity contribution in [2.75, 3.05) is 0 Å². The van der Waals surface area contributed by atoms with Crippen molar-refractivity contribution in [1.29, 1.82) is 0 Å². The monoisotopic (exact) mass is 183 g/mol. The first-order valence-corrected chi connectivity index (χ1v) is 4.74. The Bertz CT molecular complexity index is 373. The predicted molar refractivity (Wildman–Crippen MR) is 48.2 cm³/mol. The number of primary amides is 1. The maximum absolute atomic E-state index is 10.7. The molecule has 0 aliphatic rings. The molecular formula is C7H5NOS2. The van der Waals surface area contributed by atoms with E-state index in [2.05, 4.69) is 0 Å². The van der Waals surface area contributed by atoms with Crippen LogP contribution in [0, 0.1) is 0 Å². The van der Waals surface area contributed by atoms with E-state index in [9.17, 15) is 4.79 Å². The Morgan fingerprint density at radius 3 is 3.00 bits per heavy atom. The van der Waals surface area contributed by atoms with Gasteiger partial charge >= 0.3 is 0 Å². The lowest BCUT2D eigenvalue weighted by molar-refractivity contribution is 0.100. The number of hydrogen-bond acceptors (Lipinski definition) is 3. The molecule has 2 aromatic rings. The molecule has 0 bridgehead atoms. The summed E-state index contributed by atoms with van der Waals surface area (Å²) in [7, 11) is 0. The van der Waals surface area contributed by atoms with Gasteiger partial charge in [-0.25, -0.2) is 0 Å². The number of rotatable bonds is 1. The molecule has 0 saturated heterocycles. The topological polar surface area (TPSA) is 43.1 Å². The van der Waals surface area contributed by atoms with Crippen molar-refractivity contribution in [3.05, 3.63) is 22.4 Å². The third-order valence-electron chi connectivity index (χ3n) is 1.39. The quantitative estimate of drug-likeness (QED) is 0.722. The Labute approximate surface area is 71.3 Å². The van der Waals surface area contributed by atoms with Crippen LogP contribution in [0.15, 0.2) is 17.5 Å². The Kier molecular flexibility index (Phi) is 1.44. The van der Waals surface area contributed by atoms with Gasteiger partial charge < -0.3 is 5.73 Å². The van der Waals surface area contributed by atoms with Crippen LogP contribution in [0.1, 0.15) is 9.67 Å². The van der Waals surface area contributed by atoms with E-state index in [1.165, 1.54) is 15.4 Å². The van der Waals surface area contributed by atoms with Crippen molar-refractivity contribution in [2.24, 2.45) is 5.73 Å². The third-order valence-corrected chi connectivity index (χ3v) is 3.61. The van der Waals surface area contributed by atoms with E-state index < -0.39 is 0 Å². The van der Waals surface area contributed by atoms with Crippen LogP contribution in [0.4, 0.5) is 0 Å². The number of amides is 1. The fourth-order valence-corrected chi connectivity index (χ4v) is 2.85. The molecule has 56 valence electrons. The average molecular weight is 183 g/mol. The second-order valence-electron chi connectivity index (χ2n) is 2.14. The fourth-order valence-electron chi connectivity index (χ4n) is 0.887. The molecular weight excluding hydrogens is 178 g/mol. The summed E-state index contributed by atoms with van der Waals surface area (Å²) in [5.74, 6) is -0.335. The number of thiophene rings is 2. The van der Waals surface area contributed by atoms with Crippen molar-refractivity contribution >= 4 is 38.0 Å². The van der Waals surface area contributed by atoms with Crippen molar-refractivity contribution in [3.63, 3.8) is 0 Å². The summed E-state index contributed by atoms with van der Waals surface area (Å²) in [5.41, 5.74) is 5.11. The normalized spacial score (nSPS) is 10.5. The molecule has 11 heavy (non-hydrogen) atoms. The van der Waals surface area contributed by atoms with Crippen LogP contribution in [0.5, 0.6) is 0 Å². The molecule has 2 N–H and O–H groups in total. The van der Waals surface area contributed by atoms with Gasteiger partial charge in [0, 0.05) is 5.39 Å². The van der Waals surface area contributed by atoms with Crippen molar-refractivity contribution < 1.29 is 4.79 Å². The zero-order valence-corrected chi connectivity index (χ0v) is 7.17. The van der Waals surface area contributed by atoms with Crippen LogP contribution in [0.25, 0.3) is 9.40 Å². The third kappa shape index (κ3) is 1.04. The summed E-state index contributed by atoms with van der Waals surface area (Å²) in [6.45, 7) is 0. The van der Waals surface area contributed by atoms with Crippen LogP contribution < -0.4 is 5.73 Å². The van der Waals surface area contributed by atoms with E-state index in [0.29, 0.717) is 4.88 Å². The zero-order valence-electron chi connectivity index (χ0n) is 5.53. The first kappa shape index (κ1) is 6.82. The molecule has 4 heteroatoms. The van der Waals surface area contributed by atoms with E-state index in [0.717, 1.165) is 5.39 Å². The van der Waals surface area contributed by atoms with Gasteiger partial charge in [-0.3, -0.25) is 4.79 Å². The Balaban J connectivity index is 2.67. The first-order chi connectivity index (χ1) is 5.27. The highest BCUT2D eigenvalue weighted by atomic mass is 32.2. The molecule has 0 atom stereocenters. The van der Waals surface area contributed by atoms with Crippen LogP contribution in [-0.2, 0) is 0 Å². The first-order valence-electron chi connectivity index (χ1n) is 3.04. The Hall–Kier alpha value is -0.870. The fraction of sp³-hybridized carbons (Fsp3) is 0. The van der Waals surface area contributed by atoms with Gasteiger partial charge in [-0.15, -0.1) is 22.7 Å². The molecule has 2 heterocycles. The Morgan fingerprint density at radius 1 is 1.55 bits per heavy atom. The SMILES string of the molecule is NC(=O)c1cc2ccsc2s1. The predicted octanol–water partition coefficient (Wildman–Crippen LogP) is 2.06. The maximum atomic E-state index is 10.7. The molecule has 1 amide bonds. The van der Waals surface area contributed by atoms with Gasteiger partial charge in [0.2, 0.25) is 0 Å². The lowest BCUT2D eigenvalue weighted by Gasteiger charge is -1.81. The molecule has 0 fully saturated rings. The van der Waals surface area contributed by atoms with Gasteiger partial charge in [0.1, 0.15) is 0 Å². The van der Waals surface area contributed by atoms with Gasteiger partial charge in [0.25, 0.3) is 5.91 Å². The largest absolute Gasteiger partial charge is 0.365 e. The summed E-state index contributed by atoms with van der Waals surface area (Å²) in [6.07, 6.45) is 0. The molecule has 0 unspecified atom stereocenters. The van der Waals surface area contributed by atoms with Gasteiger partial charge in [-0.1, -0.05) is 0 Å². The lowest BCUT2D eigenvalue weighted by atomic mass is 10.3. The van der Waals surface area contributed by atoms with E-state index in [1.54, 1.807) is 11.3 Å². The highest BCUT2D eigenvalue weighted by Crippen LogP contribution is 2.29. The molecule has 0 aromatic carbocycles. The molecule has 0 radical (unpaired) electrons. The number of hydrogen-bond donors (Lipinski definition) is 1. The van der Waals surface area contributed by atoms with Crippen molar-refractivity contribution in [1.82, 2.24) is 0 Å². The van der Waals surface area contributed by atoms with Crippen LogP contribution >= 0.6 is 22.7 Å². The van der Waals surface area contributed by atoms with Crippen LogP contribution in [0.3, 0.4) is 0 Å². The minimum absolute atomic E-state index is 0.335. The summed E-state index contributed by atoms with van der Waals surface area (Å²) in [5, 5.41) is 3.13. The molecule has 0 spiro atoms. The molecule has 0 saturated carbocycles. The maximum Gasteiger partial charge on any atom is 0.258 e. The zero-order chi connectivity index (χ0) is 7.84. The molecule has 2 aromatic heterocycles. The molecule has 2 nitrogen and oxygen atoms in total. The van der Waals surface area contributed by atoms with Crippen molar-refractivity contribution in [3.8, 4) is 0 Å². The second kappa shape index (κ2) is 2.32. The average Bonchev–Trinajstić information content (AvgIpc) is 2.40. The lowest BCUT2D eigenvalue weighted by Crippen LogP contribution is -2.07. The van der Waals surface area contributed by atoms with Crippen molar-refractivity contribution in [2.45, 2.75) is 0 Å². The summed E-state index contributed by atoms with van der Waals surface area (Å²) in [4.78, 5) is 11.4.